The lowest BCUT2D eigenvalue weighted by Gasteiger charge is -2.25. The maximum Gasteiger partial charge on any atom is 0.242 e. The highest BCUT2D eigenvalue weighted by molar-refractivity contribution is 5.89. The third-order valence-electron chi connectivity index (χ3n) is 4.28. The Kier molecular flexibility index (Phi) is 6.02. The van der Waals surface area contributed by atoms with E-state index in [1.165, 1.54) is 5.56 Å². The minimum Gasteiger partial charge on any atom is -0.362 e. The van der Waals surface area contributed by atoms with Crippen molar-refractivity contribution in [2.75, 3.05) is 24.5 Å². The van der Waals surface area contributed by atoms with Gasteiger partial charge in [-0.3, -0.25) is 9.59 Å². The van der Waals surface area contributed by atoms with E-state index >= 15 is 0 Å². The first-order valence-electron chi connectivity index (χ1n) is 8.40. The Morgan fingerprint density at radius 1 is 1.35 bits per heavy atom. The molecule has 5 heteroatoms. The third-order valence-corrected chi connectivity index (χ3v) is 4.28. The average Bonchev–Trinajstić information content (AvgIpc) is 2.70. The molecule has 1 heterocycles. The van der Waals surface area contributed by atoms with Crippen LogP contribution in [0.15, 0.2) is 18.2 Å². The molecule has 0 radical (unpaired) electrons. The second-order valence-electron chi connectivity index (χ2n) is 6.21. The van der Waals surface area contributed by atoms with Crippen LogP contribution in [-0.2, 0) is 9.59 Å². The second kappa shape index (κ2) is 7.99. The van der Waals surface area contributed by atoms with Crippen molar-refractivity contribution in [3.8, 4) is 0 Å². The van der Waals surface area contributed by atoms with Gasteiger partial charge in [0.1, 0.15) is 6.04 Å². The van der Waals surface area contributed by atoms with Crippen molar-refractivity contribution in [1.82, 2.24) is 10.6 Å². The predicted molar refractivity (Wildman–Crippen MR) is 92.6 cm³/mol. The number of amides is 2. The molecule has 126 valence electrons. The van der Waals surface area contributed by atoms with Crippen LogP contribution in [-0.4, -0.2) is 37.5 Å². The Morgan fingerprint density at radius 3 is 2.83 bits per heavy atom. The Balaban J connectivity index is 2.00. The normalized spacial score (nSPS) is 18.0. The van der Waals surface area contributed by atoms with E-state index in [1.54, 1.807) is 0 Å². The molecule has 0 bridgehead atoms. The van der Waals surface area contributed by atoms with E-state index in [-0.39, 0.29) is 18.4 Å². The van der Waals surface area contributed by atoms with Gasteiger partial charge in [0.2, 0.25) is 11.8 Å². The van der Waals surface area contributed by atoms with Crippen molar-refractivity contribution in [2.45, 2.75) is 46.1 Å². The molecule has 1 aliphatic rings. The van der Waals surface area contributed by atoms with Crippen LogP contribution in [0, 0.1) is 13.8 Å². The summed E-state index contributed by atoms with van der Waals surface area (Å²) in [5.41, 5.74) is 3.44. The van der Waals surface area contributed by atoms with Gasteiger partial charge < -0.3 is 15.5 Å². The molecule has 1 fully saturated rings. The minimum atomic E-state index is -0.400. The molecule has 0 aromatic heterocycles. The van der Waals surface area contributed by atoms with Gasteiger partial charge in [-0.05, 0) is 51.7 Å². The molecule has 1 aliphatic heterocycles. The van der Waals surface area contributed by atoms with Gasteiger partial charge in [0.05, 0.1) is 6.54 Å². The molecule has 1 atom stereocenters. The van der Waals surface area contributed by atoms with Crippen LogP contribution < -0.4 is 15.5 Å². The van der Waals surface area contributed by atoms with E-state index in [4.69, 9.17) is 0 Å². The summed E-state index contributed by atoms with van der Waals surface area (Å²) in [5.74, 6) is -0.167. The lowest BCUT2D eigenvalue weighted by molar-refractivity contribution is -0.128. The number of aryl methyl sites for hydroxylation is 2. The van der Waals surface area contributed by atoms with Crippen LogP contribution in [0.3, 0.4) is 0 Å². The zero-order valence-electron chi connectivity index (χ0n) is 14.3. The van der Waals surface area contributed by atoms with Gasteiger partial charge in [0, 0.05) is 18.8 Å². The predicted octanol–water partition coefficient (Wildman–Crippen LogP) is 1.91. The average molecular weight is 317 g/mol. The summed E-state index contributed by atoms with van der Waals surface area (Å²) >= 11 is 0. The topological polar surface area (TPSA) is 61.4 Å². The first-order valence-corrected chi connectivity index (χ1v) is 8.40. The van der Waals surface area contributed by atoms with Gasteiger partial charge in [-0.15, -0.1) is 0 Å². The number of likely N-dealkylation sites (N-methyl/N-ethyl adjacent to an activating group) is 1. The third kappa shape index (κ3) is 4.71. The lowest BCUT2D eigenvalue weighted by Crippen LogP contribution is -2.48. The summed E-state index contributed by atoms with van der Waals surface area (Å²) in [5, 5.41) is 5.73. The second-order valence-corrected chi connectivity index (χ2v) is 6.21. The van der Waals surface area contributed by atoms with Crippen molar-refractivity contribution >= 4 is 17.5 Å². The van der Waals surface area contributed by atoms with Crippen LogP contribution >= 0.6 is 0 Å². The summed E-state index contributed by atoms with van der Waals surface area (Å²) in [6.45, 7) is 7.87. The number of carbonyl (C=O) groups excluding carboxylic acids is 2. The molecular weight excluding hydrogens is 290 g/mol. The lowest BCUT2D eigenvalue weighted by atomic mass is 10.1. The largest absolute Gasteiger partial charge is 0.362 e. The number of anilines is 1. The molecule has 5 nitrogen and oxygen atoms in total. The highest BCUT2D eigenvalue weighted by Crippen LogP contribution is 2.20. The number of nitrogens with one attached hydrogen (secondary N) is 2. The molecule has 0 saturated carbocycles. The van der Waals surface area contributed by atoms with E-state index in [9.17, 15) is 9.59 Å². The van der Waals surface area contributed by atoms with Crippen molar-refractivity contribution in [3.05, 3.63) is 29.3 Å². The van der Waals surface area contributed by atoms with Crippen LogP contribution in [0.25, 0.3) is 0 Å². The Bertz CT molecular complexity index is 571. The Morgan fingerprint density at radius 2 is 2.13 bits per heavy atom. The van der Waals surface area contributed by atoms with Gasteiger partial charge >= 0.3 is 0 Å². The first-order chi connectivity index (χ1) is 11.0. The molecule has 0 spiro atoms. The standard InChI is InChI=1S/C18H27N3O2/c1-4-21(16-9-8-13(2)11-14(16)3)12-17(22)20-15-7-5-6-10-19-18(15)23/h8-9,11,15H,4-7,10,12H2,1-3H3,(H,19,23)(H,20,22)/t15-/m0/s1. The molecule has 1 aromatic rings. The molecule has 2 N–H and O–H groups in total. The Hall–Kier alpha value is -2.04. The summed E-state index contributed by atoms with van der Waals surface area (Å²) in [7, 11) is 0. The minimum absolute atomic E-state index is 0.0644. The number of hydrogen-bond acceptors (Lipinski definition) is 3. The number of hydrogen-bond donors (Lipinski definition) is 2. The molecule has 1 aromatic carbocycles. The fourth-order valence-corrected chi connectivity index (χ4v) is 3.02. The number of nitrogens with zero attached hydrogens (tertiary/aromatic N) is 1. The smallest absolute Gasteiger partial charge is 0.242 e. The van der Waals surface area contributed by atoms with E-state index < -0.39 is 6.04 Å². The van der Waals surface area contributed by atoms with Gasteiger partial charge in [-0.2, -0.15) is 0 Å². The number of benzene rings is 1. The molecular formula is C18H27N3O2. The maximum atomic E-state index is 12.4. The fraction of sp³-hybridized carbons (Fsp3) is 0.556. The van der Waals surface area contributed by atoms with Crippen LogP contribution in [0.5, 0.6) is 0 Å². The Labute approximate surface area is 138 Å². The number of carbonyl (C=O) groups is 2. The van der Waals surface area contributed by atoms with E-state index in [2.05, 4.69) is 42.7 Å². The van der Waals surface area contributed by atoms with Crippen LogP contribution in [0.1, 0.15) is 37.3 Å². The van der Waals surface area contributed by atoms with Crippen molar-refractivity contribution in [2.24, 2.45) is 0 Å². The van der Waals surface area contributed by atoms with Gasteiger partial charge in [0.25, 0.3) is 0 Å². The highest BCUT2D eigenvalue weighted by atomic mass is 16.2. The molecule has 0 unspecified atom stereocenters. The monoisotopic (exact) mass is 317 g/mol. The maximum absolute atomic E-state index is 12.4. The summed E-state index contributed by atoms with van der Waals surface area (Å²) in [4.78, 5) is 26.3. The highest BCUT2D eigenvalue weighted by Gasteiger charge is 2.23. The summed E-state index contributed by atoms with van der Waals surface area (Å²) < 4.78 is 0. The van der Waals surface area contributed by atoms with Crippen molar-refractivity contribution < 1.29 is 9.59 Å². The number of rotatable bonds is 5. The molecule has 2 rings (SSSR count). The summed E-state index contributed by atoms with van der Waals surface area (Å²) in [6, 6.07) is 5.83. The molecule has 0 aliphatic carbocycles. The SMILES string of the molecule is CCN(CC(=O)N[C@H]1CCCCNC1=O)c1ccc(C)cc1C. The summed E-state index contributed by atoms with van der Waals surface area (Å²) in [6.07, 6.45) is 2.65. The zero-order chi connectivity index (χ0) is 16.8. The quantitative estimate of drug-likeness (QED) is 0.872. The van der Waals surface area contributed by atoms with E-state index in [1.807, 2.05) is 11.8 Å². The molecule has 1 saturated heterocycles. The fourth-order valence-electron chi connectivity index (χ4n) is 3.02. The van der Waals surface area contributed by atoms with Crippen molar-refractivity contribution in [1.29, 1.82) is 0 Å². The van der Waals surface area contributed by atoms with Crippen LogP contribution in [0.4, 0.5) is 5.69 Å². The molecule has 23 heavy (non-hydrogen) atoms. The van der Waals surface area contributed by atoms with Gasteiger partial charge in [0.15, 0.2) is 0 Å². The van der Waals surface area contributed by atoms with Crippen molar-refractivity contribution in [3.63, 3.8) is 0 Å². The molecule has 2 amide bonds. The van der Waals surface area contributed by atoms with Gasteiger partial charge in [-0.1, -0.05) is 17.7 Å². The van der Waals surface area contributed by atoms with Gasteiger partial charge in [-0.25, -0.2) is 0 Å². The van der Waals surface area contributed by atoms with E-state index in [0.717, 1.165) is 30.6 Å². The van der Waals surface area contributed by atoms with Crippen LogP contribution in [0.2, 0.25) is 0 Å². The zero-order valence-corrected chi connectivity index (χ0v) is 14.3. The van der Waals surface area contributed by atoms with E-state index in [0.29, 0.717) is 13.0 Å². The first kappa shape index (κ1) is 17.3.